The highest BCUT2D eigenvalue weighted by Gasteiger charge is 2.43. The van der Waals surface area contributed by atoms with Crippen LogP contribution in [0.1, 0.15) is 46.1 Å². The van der Waals surface area contributed by atoms with Crippen LogP contribution >= 0.6 is 11.3 Å². The van der Waals surface area contributed by atoms with Crippen molar-refractivity contribution in [3.63, 3.8) is 0 Å². The van der Waals surface area contributed by atoms with E-state index in [1.54, 1.807) is 0 Å². The number of aromatic nitrogens is 3. The van der Waals surface area contributed by atoms with Crippen LogP contribution < -0.4 is 4.90 Å². The third-order valence-corrected chi connectivity index (χ3v) is 6.71. The maximum atomic E-state index is 8.36. The Morgan fingerprint density at radius 1 is 1.32 bits per heavy atom. The second-order valence-corrected chi connectivity index (χ2v) is 9.17. The Labute approximate surface area is 170 Å². The molecule has 0 radical (unpaired) electrons. The summed E-state index contributed by atoms with van der Waals surface area (Å²) in [6.45, 7) is 7.31. The average molecular weight is 404 g/mol. The Balaban J connectivity index is 0.000000706. The number of nitrogens with zero attached hydrogens (tertiary/aromatic N) is 5. The molecule has 7 nitrogen and oxygen atoms in total. The molecule has 1 unspecified atom stereocenters. The minimum Gasteiger partial charge on any atom is -0.483 e. The summed E-state index contributed by atoms with van der Waals surface area (Å²) < 4.78 is 0. The lowest BCUT2D eigenvalue weighted by molar-refractivity contribution is -0.122. The van der Waals surface area contributed by atoms with Crippen molar-refractivity contribution in [2.45, 2.75) is 51.5 Å². The predicted molar refractivity (Wildman–Crippen MR) is 111 cm³/mol. The fourth-order valence-electron chi connectivity index (χ4n) is 4.43. The van der Waals surface area contributed by atoms with Gasteiger partial charge in [-0.15, -0.1) is 11.3 Å². The SMILES string of the molecule is Cc1nc(C)c(CN2CCCC3(CCc4cnc(N(C)C)nc43)C2)s1.O=CO. The molecular formula is C20H29N5O2S. The lowest BCUT2D eigenvalue weighted by Crippen LogP contribution is -2.45. The topological polar surface area (TPSA) is 82.5 Å². The molecule has 2 aliphatic rings. The molecule has 1 atom stereocenters. The van der Waals surface area contributed by atoms with Crippen molar-refractivity contribution in [3.8, 4) is 0 Å². The minimum absolute atomic E-state index is 0.217. The molecule has 152 valence electrons. The largest absolute Gasteiger partial charge is 0.483 e. The van der Waals surface area contributed by atoms with Crippen molar-refractivity contribution >= 4 is 23.8 Å². The highest BCUT2D eigenvalue weighted by Crippen LogP contribution is 2.44. The van der Waals surface area contributed by atoms with E-state index in [9.17, 15) is 0 Å². The van der Waals surface area contributed by atoms with E-state index in [-0.39, 0.29) is 11.9 Å². The molecule has 1 N–H and O–H groups in total. The Kier molecular flexibility index (Phi) is 6.30. The van der Waals surface area contributed by atoms with Gasteiger partial charge in [0.05, 0.1) is 16.4 Å². The van der Waals surface area contributed by atoms with Crippen molar-refractivity contribution in [1.29, 1.82) is 0 Å². The summed E-state index contributed by atoms with van der Waals surface area (Å²) in [7, 11) is 4.04. The van der Waals surface area contributed by atoms with Crippen molar-refractivity contribution in [3.05, 3.63) is 33.0 Å². The lowest BCUT2D eigenvalue weighted by atomic mass is 9.77. The minimum atomic E-state index is -0.250. The van der Waals surface area contributed by atoms with Gasteiger partial charge < -0.3 is 10.0 Å². The van der Waals surface area contributed by atoms with E-state index in [4.69, 9.17) is 14.9 Å². The van der Waals surface area contributed by atoms with Crippen LogP contribution in [0.2, 0.25) is 0 Å². The molecule has 2 aromatic rings. The van der Waals surface area contributed by atoms with Crippen LogP contribution in [0, 0.1) is 13.8 Å². The van der Waals surface area contributed by atoms with Gasteiger partial charge >= 0.3 is 0 Å². The van der Waals surface area contributed by atoms with E-state index in [1.165, 1.54) is 52.6 Å². The van der Waals surface area contributed by atoms with E-state index in [1.807, 2.05) is 30.3 Å². The maximum Gasteiger partial charge on any atom is 0.290 e. The van der Waals surface area contributed by atoms with Gasteiger partial charge in [0.2, 0.25) is 5.95 Å². The van der Waals surface area contributed by atoms with E-state index in [0.717, 1.165) is 25.5 Å². The highest BCUT2D eigenvalue weighted by molar-refractivity contribution is 7.11. The first kappa shape index (κ1) is 20.7. The first-order valence-corrected chi connectivity index (χ1v) is 10.5. The molecule has 4 rings (SSSR count). The molecule has 0 saturated carbocycles. The highest BCUT2D eigenvalue weighted by atomic mass is 32.1. The van der Waals surface area contributed by atoms with Gasteiger partial charge in [-0.1, -0.05) is 0 Å². The summed E-state index contributed by atoms with van der Waals surface area (Å²) in [5.41, 5.74) is 4.09. The molecule has 2 aromatic heterocycles. The van der Waals surface area contributed by atoms with Crippen molar-refractivity contribution < 1.29 is 9.90 Å². The van der Waals surface area contributed by atoms with Crippen LogP contribution in [0.15, 0.2) is 6.20 Å². The van der Waals surface area contributed by atoms with Gasteiger partial charge in [0.15, 0.2) is 0 Å². The van der Waals surface area contributed by atoms with E-state index in [2.05, 4.69) is 34.9 Å². The second kappa shape index (κ2) is 8.53. The van der Waals surface area contributed by atoms with Gasteiger partial charge in [0, 0.05) is 43.7 Å². The summed E-state index contributed by atoms with van der Waals surface area (Å²) in [5.74, 6) is 0.839. The molecule has 0 bridgehead atoms. The number of rotatable bonds is 3. The number of carboxylic acid groups (broad SMARTS) is 1. The summed E-state index contributed by atoms with van der Waals surface area (Å²) in [4.78, 5) is 28.5. The number of likely N-dealkylation sites (tertiary alicyclic amines) is 1. The van der Waals surface area contributed by atoms with E-state index in [0.29, 0.717) is 0 Å². The average Bonchev–Trinajstić information content (AvgIpc) is 3.15. The van der Waals surface area contributed by atoms with Crippen LogP contribution in [-0.4, -0.2) is 58.6 Å². The molecule has 28 heavy (non-hydrogen) atoms. The number of fused-ring (bicyclic) bond motifs is 2. The normalized spacial score (nSPS) is 21.1. The van der Waals surface area contributed by atoms with Gasteiger partial charge in [-0.3, -0.25) is 9.69 Å². The lowest BCUT2D eigenvalue weighted by Gasteiger charge is -2.40. The van der Waals surface area contributed by atoms with Crippen LogP contribution in [0.3, 0.4) is 0 Å². The Bertz CT molecular complexity index is 834. The summed E-state index contributed by atoms with van der Waals surface area (Å²) in [5, 5.41) is 8.06. The van der Waals surface area contributed by atoms with Gasteiger partial charge in [0.25, 0.3) is 6.47 Å². The quantitative estimate of drug-likeness (QED) is 0.789. The molecule has 0 amide bonds. The van der Waals surface area contributed by atoms with Crippen molar-refractivity contribution in [2.75, 3.05) is 32.1 Å². The van der Waals surface area contributed by atoms with Gasteiger partial charge in [0.1, 0.15) is 0 Å². The van der Waals surface area contributed by atoms with Crippen LogP contribution in [0.25, 0.3) is 0 Å². The molecule has 1 fully saturated rings. The van der Waals surface area contributed by atoms with Gasteiger partial charge in [-0.25, -0.2) is 15.0 Å². The zero-order valence-electron chi connectivity index (χ0n) is 17.1. The second-order valence-electron chi connectivity index (χ2n) is 7.88. The monoisotopic (exact) mass is 403 g/mol. The van der Waals surface area contributed by atoms with Crippen molar-refractivity contribution in [2.24, 2.45) is 0 Å². The summed E-state index contributed by atoms with van der Waals surface area (Å²) in [6, 6.07) is 0. The molecule has 3 heterocycles. The first-order valence-electron chi connectivity index (χ1n) is 9.65. The molecule has 1 saturated heterocycles. The Hall–Kier alpha value is -2.06. The van der Waals surface area contributed by atoms with E-state index < -0.39 is 0 Å². The number of carbonyl (C=O) groups is 1. The summed E-state index contributed by atoms with van der Waals surface area (Å²) in [6.07, 6.45) is 6.89. The smallest absolute Gasteiger partial charge is 0.290 e. The number of hydrogen-bond acceptors (Lipinski definition) is 7. The molecule has 8 heteroatoms. The van der Waals surface area contributed by atoms with Gasteiger partial charge in [-0.05, 0) is 51.6 Å². The Morgan fingerprint density at radius 3 is 2.71 bits per heavy atom. The molecule has 0 aromatic carbocycles. The van der Waals surface area contributed by atoms with E-state index >= 15 is 0 Å². The fraction of sp³-hybridized carbons (Fsp3) is 0.600. The maximum absolute atomic E-state index is 8.36. The standard InChI is InChI=1S/C19H27N5S.CH2O2/c1-13-16(25-14(2)21-13)11-24-9-5-7-19(12-24)8-6-15-10-20-18(23(3)4)22-17(15)19;2-1-3/h10H,5-9,11-12H2,1-4H3;1H,(H,2,3). The Morgan fingerprint density at radius 2 is 2.07 bits per heavy atom. The number of aryl methyl sites for hydroxylation is 3. The third kappa shape index (κ3) is 4.17. The van der Waals surface area contributed by atoms with Crippen molar-refractivity contribution in [1.82, 2.24) is 19.9 Å². The molecule has 1 spiro atoms. The number of anilines is 1. The van der Waals surface area contributed by atoms with Crippen LogP contribution in [0.5, 0.6) is 0 Å². The van der Waals surface area contributed by atoms with Crippen LogP contribution in [0.4, 0.5) is 5.95 Å². The van der Waals surface area contributed by atoms with Gasteiger partial charge in [-0.2, -0.15) is 0 Å². The molecular weight excluding hydrogens is 374 g/mol. The number of piperidine rings is 1. The molecule has 1 aliphatic heterocycles. The number of hydrogen-bond donors (Lipinski definition) is 1. The van der Waals surface area contributed by atoms with Crippen LogP contribution in [-0.2, 0) is 23.2 Å². The summed E-state index contributed by atoms with van der Waals surface area (Å²) >= 11 is 1.85. The first-order chi connectivity index (χ1) is 13.4. The fourth-order valence-corrected chi connectivity index (χ4v) is 5.41. The zero-order valence-corrected chi connectivity index (χ0v) is 17.9. The predicted octanol–water partition coefficient (Wildman–Crippen LogP) is 2.80. The molecule has 1 aliphatic carbocycles. The zero-order chi connectivity index (χ0) is 20.3. The third-order valence-electron chi connectivity index (χ3n) is 5.65. The number of thiazole rings is 1.